The van der Waals surface area contributed by atoms with Gasteiger partial charge in [-0.15, -0.1) is 0 Å². The summed E-state index contributed by atoms with van der Waals surface area (Å²) in [6, 6.07) is 0. The molecule has 0 spiro atoms. The third-order valence-corrected chi connectivity index (χ3v) is 3.16. The SMILES string of the molecule is CCC(C)(N)CNC1(C)CCCOC1. The molecule has 1 heterocycles. The van der Waals surface area contributed by atoms with E-state index in [-0.39, 0.29) is 11.1 Å². The summed E-state index contributed by atoms with van der Waals surface area (Å²) in [4.78, 5) is 0. The monoisotopic (exact) mass is 200 g/mol. The van der Waals surface area contributed by atoms with E-state index in [2.05, 4.69) is 26.1 Å². The van der Waals surface area contributed by atoms with Gasteiger partial charge in [-0.3, -0.25) is 0 Å². The summed E-state index contributed by atoms with van der Waals surface area (Å²) in [5, 5.41) is 3.54. The Morgan fingerprint density at radius 3 is 2.79 bits per heavy atom. The first-order valence-electron chi connectivity index (χ1n) is 5.59. The second kappa shape index (κ2) is 4.60. The van der Waals surface area contributed by atoms with Crippen molar-refractivity contribution in [3.8, 4) is 0 Å². The summed E-state index contributed by atoms with van der Waals surface area (Å²) < 4.78 is 5.48. The molecule has 84 valence electrons. The number of nitrogens with one attached hydrogen (secondary N) is 1. The maximum absolute atomic E-state index is 6.09. The van der Waals surface area contributed by atoms with Gasteiger partial charge in [-0.05, 0) is 33.1 Å². The molecule has 2 unspecified atom stereocenters. The van der Waals surface area contributed by atoms with Crippen molar-refractivity contribution in [2.75, 3.05) is 19.8 Å². The molecule has 2 atom stereocenters. The van der Waals surface area contributed by atoms with E-state index >= 15 is 0 Å². The first-order valence-corrected chi connectivity index (χ1v) is 5.59. The van der Waals surface area contributed by atoms with E-state index in [1.807, 2.05) is 0 Å². The Labute approximate surface area is 87.4 Å². The molecule has 0 saturated carbocycles. The van der Waals surface area contributed by atoms with Crippen LogP contribution in [-0.2, 0) is 4.74 Å². The lowest BCUT2D eigenvalue weighted by atomic mass is 9.92. The van der Waals surface area contributed by atoms with E-state index in [0.717, 1.165) is 32.6 Å². The molecule has 1 aliphatic heterocycles. The minimum absolute atomic E-state index is 0.0968. The fraction of sp³-hybridized carbons (Fsp3) is 1.00. The maximum atomic E-state index is 6.09. The fourth-order valence-corrected chi connectivity index (χ4v) is 1.61. The molecule has 0 aromatic carbocycles. The summed E-state index contributed by atoms with van der Waals surface area (Å²) in [5.41, 5.74) is 6.12. The van der Waals surface area contributed by atoms with Crippen molar-refractivity contribution < 1.29 is 4.74 Å². The van der Waals surface area contributed by atoms with Crippen LogP contribution in [0.2, 0.25) is 0 Å². The van der Waals surface area contributed by atoms with Gasteiger partial charge in [0.2, 0.25) is 0 Å². The lowest BCUT2D eigenvalue weighted by Crippen LogP contribution is -2.56. The number of ether oxygens (including phenoxy) is 1. The molecular weight excluding hydrogens is 176 g/mol. The van der Waals surface area contributed by atoms with Crippen LogP contribution in [0.3, 0.4) is 0 Å². The summed E-state index contributed by atoms with van der Waals surface area (Å²) in [5.74, 6) is 0. The van der Waals surface area contributed by atoms with Gasteiger partial charge in [0.05, 0.1) is 6.61 Å². The van der Waals surface area contributed by atoms with E-state index in [0.29, 0.717) is 0 Å². The molecule has 3 heteroatoms. The third-order valence-electron chi connectivity index (χ3n) is 3.16. The highest BCUT2D eigenvalue weighted by atomic mass is 16.5. The molecule has 0 aromatic rings. The predicted octanol–water partition coefficient (Wildman–Crippen LogP) is 1.27. The van der Waals surface area contributed by atoms with Crippen molar-refractivity contribution in [3.05, 3.63) is 0 Å². The van der Waals surface area contributed by atoms with E-state index in [9.17, 15) is 0 Å². The second-order valence-corrected chi connectivity index (χ2v) is 5.08. The van der Waals surface area contributed by atoms with Crippen LogP contribution in [0.1, 0.15) is 40.0 Å². The minimum atomic E-state index is -0.0968. The highest BCUT2D eigenvalue weighted by molar-refractivity contribution is 4.90. The summed E-state index contributed by atoms with van der Waals surface area (Å²) >= 11 is 0. The van der Waals surface area contributed by atoms with E-state index < -0.39 is 0 Å². The Hall–Kier alpha value is -0.120. The quantitative estimate of drug-likeness (QED) is 0.718. The molecule has 3 N–H and O–H groups in total. The average Bonchev–Trinajstić information content (AvgIpc) is 2.17. The second-order valence-electron chi connectivity index (χ2n) is 5.08. The first kappa shape index (κ1) is 12.0. The molecule has 3 nitrogen and oxygen atoms in total. The van der Waals surface area contributed by atoms with Crippen LogP contribution < -0.4 is 11.1 Å². The lowest BCUT2D eigenvalue weighted by molar-refractivity contribution is 0.0263. The Kier molecular flexibility index (Phi) is 3.93. The normalized spacial score (nSPS) is 32.6. The van der Waals surface area contributed by atoms with E-state index in [1.165, 1.54) is 6.42 Å². The molecule has 0 bridgehead atoms. The zero-order chi connectivity index (χ0) is 10.7. The van der Waals surface area contributed by atoms with Crippen molar-refractivity contribution >= 4 is 0 Å². The number of rotatable bonds is 4. The molecule has 0 aromatic heterocycles. The van der Waals surface area contributed by atoms with Crippen molar-refractivity contribution in [1.82, 2.24) is 5.32 Å². The van der Waals surface area contributed by atoms with Crippen LogP contribution in [0.15, 0.2) is 0 Å². The molecule has 1 aliphatic rings. The van der Waals surface area contributed by atoms with Gasteiger partial charge in [0, 0.05) is 24.2 Å². The average molecular weight is 200 g/mol. The van der Waals surface area contributed by atoms with Gasteiger partial charge >= 0.3 is 0 Å². The van der Waals surface area contributed by atoms with Crippen LogP contribution in [0, 0.1) is 0 Å². The van der Waals surface area contributed by atoms with Gasteiger partial charge in [-0.1, -0.05) is 6.92 Å². The molecule has 1 rings (SSSR count). The predicted molar refractivity (Wildman–Crippen MR) is 59.3 cm³/mol. The first-order chi connectivity index (χ1) is 6.47. The van der Waals surface area contributed by atoms with Gasteiger partial charge in [-0.25, -0.2) is 0 Å². The zero-order valence-corrected chi connectivity index (χ0v) is 9.73. The third kappa shape index (κ3) is 3.56. The van der Waals surface area contributed by atoms with Crippen LogP contribution in [0.5, 0.6) is 0 Å². The van der Waals surface area contributed by atoms with Crippen LogP contribution in [0.25, 0.3) is 0 Å². The summed E-state index contributed by atoms with van der Waals surface area (Å²) in [6.45, 7) is 9.02. The Morgan fingerprint density at radius 1 is 1.57 bits per heavy atom. The Morgan fingerprint density at radius 2 is 2.29 bits per heavy atom. The minimum Gasteiger partial charge on any atom is -0.380 e. The molecule has 14 heavy (non-hydrogen) atoms. The summed E-state index contributed by atoms with van der Waals surface area (Å²) in [7, 11) is 0. The van der Waals surface area contributed by atoms with Gasteiger partial charge in [-0.2, -0.15) is 0 Å². The molecular formula is C11H24N2O. The van der Waals surface area contributed by atoms with Gasteiger partial charge in [0.15, 0.2) is 0 Å². The summed E-state index contributed by atoms with van der Waals surface area (Å²) in [6.07, 6.45) is 3.33. The molecule has 1 saturated heterocycles. The Balaban J connectivity index is 2.35. The standard InChI is InChI=1S/C11H24N2O/c1-4-10(2,12)8-13-11(3)6-5-7-14-9-11/h13H,4-9,12H2,1-3H3. The van der Waals surface area contributed by atoms with Crippen molar-refractivity contribution in [3.63, 3.8) is 0 Å². The van der Waals surface area contributed by atoms with Gasteiger partial charge in [0.25, 0.3) is 0 Å². The van der Waals surface area contributed by atoms with E-state index in [4.69, 9.17) is 10.5 Å². The number of hydrogen-bond donors (Lipinski definition) is 2. The molecule has 0 radical (unpaired) electrons. The molecule has 0 aliphatic carbocycles. The Bertz CT molecular complexity index is 174. The van der Waals surface area contributed by atoms with Crippen LogP contribution >= 0.6 is 0 Å². The van der Waals surface area contributed by atoms with Crippen LogP contribution in [-0.4, -0.2) is 30.8 Å². The van der Waals surface area contributed by atoms with Gasteiger partial charge in [0.1, 0.15) is 0 Å². The van der Waals surface area contributed by atoms with Crippen molar-refractivity contribution in [2.24, 2.45) is 5.73 Å². The van der Waals surface area contributed by atoms with Crippen LogP contribution in [0.4, 0.5) is 0 Å². The zero-order valence-electron chi connectivity index (χ0n) is 9.73. The van der Waals surface area contributed by atoms with Gasteiger partial charge < -0.3 is 15.8 Å². The fourth-order valence-electron chi connectivity index (χ4n) is 1.61. The number of hydrogen-bond acceptors (Lipinski definition) is 3. The largest absolute Gasteiger partial charge is 0.380 e. The lowest BCUT2D eigenvalue weighted by Gasteiger charge is -2.37. The topological polar surface area (TPSA) is 47.3 Å². The molecule has 0 amide bonds. The van der Waals surface area contributed by atoms with Crippen molar-refractivity contribution in [1.29, 1.82) is 0 Å². The smallest absolute Gasteiger partial charge is 0.0645 e. The maximum Gasteiger partial charge on any atom is 0.0645 e. The highest BCUT2D eigenvalue weighted by Gasteiger charge is 2.29. The van der Waals surface area contributed by atoms with Crippen molar-refractivity contribution in [2.45, 2.75) is 51.1 Å². The van der Waals surface area contributed by atoms with E-state index in [1.54, 1.807) is 0 Å². The highest BCUT2D eigenvalue weighted by Crippen LogP contribution is 2.19. The number of nitrogens with two attached hydrogens (primary N) is 1. The molecule has 1 fully saturated rings.